The summed E-state index contributed by atoms with van der Waals surface area (Å²) >= 11 is 0. The Morgan fingerprint density at radius 1 is 0.917 bits per heavy atom. The van der Waals surface area contributed by atoms with Crippen molar-refractivity contribution in [2.75, 3.05) is 13.7 Å². The number of methoxy groups -OCH3 is 1. The standard InChI is InChI=1S/C27H24N4O5/c1-36-23(33)17-31-21-15-9-8-14-20(21)25(27(31)35)30-29-22(32)16-28-26(34)24(18-10-4-2-5-11-18)19-12-6-3-7-13-19/h2-15,24,35H,16-17H2,1H3,(H,28,34). The Balaban J connectivity index is 1.50. The molecule has 0 atom stereocenters. The van der Waals surface area contributed by atoms with E-state index in [0.717, 1.165) is 11.1 Å². The summed E-state index contributed by atoms with van der Waals surface area (Å²) in [5.74, 6) is -2.53. The number of hydrogen-bond acceptors (Lipinski definition) is 6. The molecule has 0 bridgehead atoms. The van der Waals surface area contributed by atoms with Gasteiger partial charge in [-0.2, -0.15) is 0 Å². The lowest BCUT2D eigenvalue weighted by Crippen LogP contribution is -2.33. The average molecular weight is 485 g/mol. The summed E-state index contributed by atoms with van der Waals surface area (Å²) < 4.78 is 6.01. The number of rotatable bonds is 8. The summed E-state index contributed by atoms with van der Waals surface area (Å²) in [6.45, 7) is -0.608. The quantitative estimate of drug-likeness (QED) is 0.288. The van der Waals surface area contributed by atoms with Crippen LogP contribution in [0.5, 0.6) is 5.88 Å². The molecule has 1 heterocycles. The molecule has 0 saturated carbocycles. The maximum Gasteiger partial charge on any atom is 0.325 e. The van der Waals surface area contributed by atoms with E-state index in [-0.39, 0.29) is 30.6 Å². The summed E-state index contributed by atoms with van der Waals surface area (Å²) in [6, 6.07) is 25.4. The Labute approximate surface area is 207 Å². The Morgan fingerprint density at radius 3 is 2.11 bits per heavy atom. The SMILES string of the molecule is COC(=O)Cn1c(O)c(N=NC(=O)CNC(=O)C(c2ccccc2)c2ccccc2)c2ccccc21. The smallest absolute Gasteiger partial charge is 0.325 e. The molecular weight excluding hydrogens is 460 g/mol. The average Bonchev–Trinajstić information content (AvgIpc) is 3.17. The number of esters is 1. The van der Waals surface area contributed by atoms with Gasteiger partial charge in [0.05, 0.1) is 18.5 Å². The van der Waals surface area contributed by atoms with Crippen LogP contribution in [-0.4, -0.2) is 41.1 Å². The summed E-state index contributed by atoms with van der Waals surface area (Å²) in [5.41, 5.74) is 2.15. The molecule has 0 radical (unpaired) electrons. The number of nitrogens with zero attached hydrogens (tertiary/aromatic N) is 3. The largest absolute Gasteiger partial charge is 0.493 e. The number of benzene rings is 3. The van der Waals surface area contributed by atoms with E-state index in [2.05, 4.69) is 20.3 Å². The van der Waals surface area contributed by atoms with Crippen molar-refractivity contribution in [1.82, 2.24) is 9.88 Å². The first-order valence-corrected chi connectivity index (χ1v) is 11.2. The number of carbonyl (C=O) groups is 3. The van der Waals surface area contributed by atoms with Crippen LogP contribution in [0.4, 0.5) is 5.69 Å². The third-order valence-electron chi connectivity index (χ3n) is 5.64. The van der Waals surface area contributed by atoms with Crippen LogP contribution in [-0.2, 0) is 25.7 Å². The Kier molecular flexibility index (Phi) is 7.50. The number of amides is 2. The summed E-state index contributed by atoms with van der Waals surface area (Å²) in [4.78, 5) is 37.3. The minimum atomic E-state index is -0.701. The van der Waals surface area contributed by atoms with Crippen LogP contribution >= 0.6 is 0 Å². The topological polar surface area (TPSA) is 122 Å². The third kappa shape index (κ3) is 5.30. The maximum atomic E-state index is 13.1. The van der Waals surface area contributed by atoms with E-state index in [1.807, 2.05) is 60.7 Å². The second-order valence-corrected chi connectivity index (χ2v) is 7.92. The zero-order chi connectivity index (χ0) is 25.5. The number of azo groups is 1. The fourth-order valence-corrected chi connectivity index (χ4v) is 3.92. The Morgan fingerprint density at radius 2 is 1.50 bits per heavy atom. The molecule has 0 saturated heterocycles. The molecule has 2 amide bonds. The van der Waals surface area contributed by atoms with Crippen molar-refractivity contribution in [3.8, 4) is 5.88 Å². The maximum absolute atomic E-state index is 13.1. The van der Waals surface area contributed by atoms with Crippen molar-refractivity contribution >= 4 is 34.4 Å². The van der Waals surface area contributed by atoms with Crippen LogP contribution in [0.15, 0.2) is 95.2 Å². The highest BCUT2D eigenvalue weighted by Crippen LogP contribution is 2.38. The molecule has 0 aliphatic rings. The third-order valence-corrected chi connectivity index (χ3v) is 5.64. The van der Waals surface area contributed by atoms with E-state index in [4.69, 9.17) is 0 Å². The predicted molar refractivity (Wildman–Crippen MR) is 133 cm³/mol. The van der Waals surface area contributed by atoms with Gasteiger partial charge in [-0.1, -0.05) is 78.9 Å². The van der Waals surface area contributed by atoms with Gasteiger partial charge in [0.1, 0.15) is 13.1 Å². The van der Waals surface area contributed by atoms with Gasteiger partial charge < -0.3 is 15.2 Å². The van der Waals surface area contributed by atoms with Crippen molar-refractivity contribution in [2.24, 2.45) is 10.2 Å². The number of aromatic nitrogens is 1. The number of nitrogens with one attached hydrogen (secondary N) is 1. The van der Waals surface area contributed by atoms with Crippen molar-refractivity contribution < 1.29 is 24.2 Å². The van der Waals surface area contributed by atoms with Gasteiger partial charge in [-0.25, -0.2) is 0 Å². The second kappa shape index (κ2) is 11.1. The van der Waals surface area contributed by atoms with E-state index in [9.17, 15) is 19.5 Å². The van der Waals surface area contributed by atoms with E-state index in [0.29, 0.717) is 10.9 Å². The van der Waals surface area contributed by atoms with Crippen molar-refractivity contribution in [1.29, 1.82) is 0 Å². The molecule has 0 aliphatic carbocycles. The molecule has 182 valence electrons. The zero-order valence-electron chi connectivity index (χ0n) is 19.5. The van der Waals surface area contributed by atoms with Gasteiger partial charge >= 0.3 is 5.97 Å². The lowest BCUT2D eigenvalue weighted by molar-refractivity contribution is -0.141. The molecule has 0 fully saturated rings. The van der Waals surface area contributed by atoms with Gasteiger partial charge in [0.2, 0.25) is 11.8 Å². The highest BCUT2D eigenvalue weighted by atomic mass is 16.5. The number of para-hydroxylation sites is 1. The van der Waals surface area contributed by atoms with Crippen LogP contribution in [0.25, 0.3) is 10.9 Å². The van der Waals surface area contributed by atoms with Crippen LogP contribution in [0, 0.1) is 0 Å². The molecule has 9 heteroatoms. The lowest BCUT2D eigenvalue weighted by atomic mass is 9.90. The highest BCUT2D eigenvalue weighted by Gasteiger charge is 2.23. The molecule has 1 aromatic heterocycles. The lowest BCUT2D eigenvalue weighted by Gasteiger charge is -2.17. The monoisotopic (exact) mass is 484 g/mol. The van der Waals surface area contributed by atoms with E-state index in [1.165, 1.54) is 11.7 Å². The Hall–Kier alpha value is -4.79. The van der Waals surface area contributed by atoms with Crippen LogP contribution in [0.1, 0.15) is 17.0 Å². The van der Waals surface area contributed by atoms with Crippen LogP contribution < -0.4 is 5.32 Å². The summed E-state index contributed by atoms with van der Waals surface area (Å²) in [7, 11) is 1.25. The van der Waals surface area contributed by atoms with Gasteiger partial charge in [0.25, 0.3) is 5.91 Å². The second-order valence-electron chi connectivity index (χ2n) is 7.92. The molecule has 4 aromatic rings. The van der Waals surface area contributed by atoms with Crippen LogP contribution in [0.3, 0.4) is 0 Å². The van der Waals surface area contributed by atoms with Gasteiger partial charge in [-0.05, 0) is 17.2 Å². The molecule has 4 rings (SSSR count). The Bertz CT molecular complexity index is 1370. The normalized spacial score (nSPS) is 11.2. The number of carbonyl (C=O) groups excluding carboxylic acids is 3. The van der Waals surface area contributed by atoms with Crippen molar-refractivity contribution in [3.05, 3.63) is 96.1 Å². The van der Waals surface area contributed by atoms with Crippen LogP contribution in [0.2, 0.25) is 0 Å². The van der Waals surface area contributed by atoms with E-state index >= 15 is 0 Å². The first-order chi connectivity index (χ1) is 17.5. The fourth-order valence-electron chi connectivity index (χ4n) is 3.92. The fraction of sp³-hybridized carbons (Fsp3) is 0.148. The van der Waals surface area contributed by atoms with Gasteiger partial charge in [-0.3, -0.25) is 19.0 Å². The van der Waals surface area contributed by atoms with Gasteiger partial charge in [0.15, 0.2) is 5.69 Å². The van der Waals surface area contributed by atoms with Gasteiger partial charge in [0, 0.05) is 5.39 Å². The minimum Gasteiger partial charge on any atom is -0.493 e. The number of ether oxygens (including phenoxy) is 1. The summed E-state index contributed by atoms with van der Waals surface area (Å²) in [6.07, 6.45) is 0. The molecule has 2 N–H and O–H groups in total. The number of fused-ring (bicyclic) bond motifs is 1. The summed E-state index contributed by atoms with van der Waals surface area (Å²) in [5, 5.41) is 21.4. The van der Waals surface area contributed by atoms with E-state index in [1.54, 1.807) is 24.3 Å². The molecule has 9 nitrogen and oxygen atoms in total. The highest BCUT2D eigenvalue weighted by molar-refractivity contribution is 5.96. The molecule has 0 aliphatic heterocycles. The minimum absolute atomic E-state index is 0.0422. The number of aromatic hydroxyl groups is 1. The molecular formula is C27H24N4O5. The van der Waals surface area contributed by atoms with E-state index < -0.39 is 17.8 Å². The zero-order valence-corrected chi connectivity index (χ0v) is 19.5. The van der Waals surface area contributed by atoms with Crippen molar-refractivity contribution in [3.63, 3.8) is 0 Å². The molecule has 36 heavy (non-hydrogen) atoms. The first kappa shape index (κ1) is 24.3. The first-order valence-electron chi connectivity index (χ1n) is 11.2. The molecule has 3 aromatic carbocycles. The molecule has 0 spiro atoms. The predicted octanol–water partition coefficient (Wildman–Crippen LogP) is 4.08. The number of hydrogen-bond donors (Lipinski definition) is 2. The van der Waals surface area contributed by atoms with Gasteiger partial charge in [-0.15, -0.1) is 10.2 Å². The molecule has 0 unspecified atom stereocenters. The van der Waals surface area contributed by atoms with Crippen molar-refractivity contribution in [2.45, 2.75) is 12.5 Å².